The third-order valence-electron chi connectivity index (χ3n) is 4.72. The van der Waals surface area contributed by atoms with Crippen molar-refractivity contribution in [3.8, 4) is 5.75 Å². The fourth-order valence-electron chi connectivity index (χ4n) is 3.12. The molecule has 0 aliphatic rings. The van der Waals surface area contributed by atoms with Gasteiger partial charge in [0.1, 0.15) is 5.75 Å². The minimum Gasteiger partial charge on any atom is -0.497 e. The highest BCUT2D eigenvalue weighted by Crippen LogP contribution is 2.28. The van der Waals surface area contributed by atoms with Crippen molar-refractivity contribution in [2.24, 2.45) is 0 Å². The quantitative estimate of drug-likeness (QED) is 0.602. The largest absolute Gasteiger partial charge is 0.497 e. The van der Waals surface area contributed by atoms with E-state index in [1.54, 1.807) is 19.2 Å². The molecule has 0 saturated carbocycles. The first kappa shape index (κ1) is 20.2. The molecule has 1 N–H and O–H groups in total. The van der Waals surface area contributed by atoms with Crippen LogP contribution in [-0.2, 0) is 14.3 Å². The molecule has 1 atom stereocenters. The van der Waals surface area contributed by atoms with Crippen molar-refractivity contribution < 1.29 is 23.8 Å². The van der Waals surface area contributed by atoms with Crippen molar-refractivity contribution in [2.75, 3.05) is 26.6 Å². The fraction of sp³-hybridized carbons (Fsp3) is 0.217. The zero-order chi connectivity index (χ0) is 20.8. The van der Waals surface area contributed by atoms with Crippen LogP contribution in [0.1, 0.15) is 28.4 Å². The number of ether oxygens (including phenoxy) is 3. The molecule has 3 rings (SSSR count). The Hall–Kier alpha value is -3.54. The number of carbonyl (C=O) groups is 2. The predicted octanol–water partition coefficient (Wildman–Crippen LogP) is 4.35. The summed E-state index contributed by atoms with van der Waals surface area (Å²) in [6.07, 6.45) is 0.175. The van der Waals surface area contributed by atoms with Crippen molar-refractivity contribution in [1.29, 1.82) is 0 Å². The van der Waals surface area contributed by atoms with Gasteiger partial charge in [-0.15, -0.1) is 0 Å². The van der Waals surface area contributed by atoms with E-state index < -0.39 is 0 Å². The maximum Gasteiger partial charge on any atom is 0.337 e. The van der Waals surface area contributed by atoms with Crippen molar-refractivity contribution in [3.63, 3.8) is 0 Å². The molecular weight excluding hydrogens is 370 g/mol. The van der Waals surface area contributed by atoms with Crippen molar-refractivity contribution in [3.05, 3.63) is 71.8 Å². The highest BCUT2D eigenvalue weighted by molar-refractivity contribution is 5.95. The van der Waals surface area contributed by atoms with Gasteiger partial charge in [0.05, 0.1) is 39.4 Å². The molecule has 0 aliphatic heterocycles. The highest BCUT2D eigenvalue weighted by atomic mass is 16.5. The SMILES string of the molecule is COC(=O)CC(Nc1ccc(OC)cc1)c1ccc2cc(C(=O)OC)ccc2c1. The second-order valence-corrected chi connectivity index (χ2v) is 6.52. The number of fused-ring (bicyclic) bond motifs is 1. The predicted molar refractivity (Wildman–Crippen MR) is 111 cm³/mol. The molecular formula is C23H23NO5. The van der Waals surface area contributed by atoms with E-state index >= 15 is 0 Å². The molecule has 0 fully saturated rings. The summed E-state index contributed by atoms with van der Waals surface area (Å²) in [5.41, 5.74) is 2.29. The van der Waals surface area contributed by atoms with Gasteiger partial charge in [0.15, 0.2) is 0 Å². The molecule has 29 heavy (non-hydrogen) atoms. The van der Waals surface area contributed by atoms with Gasteiger partial charge in [-0.3, -0.25) is 4.79 Å². The molecule has 3 aromatic rings. The molecule has 0 amide bonds. The van der Waals surface area contributed by atoms with Crippen LogP contribution in [0.25, 0.3) is 10.8 Å². The van der Waals surface area contributed by atoms with Crippen LogP contribution in [0, 0.1) is 0 Å². The Bertz CT molecular complexity index is 1010. The Morgan fingerprint density at radius 3 is 2.21 bits per heavy atom. The Labute approximate surface area is 169 Å². The van der Waals surface area contributed by atoms with Crippen LogP contribution in [0.2, 0.25) is 0 Å². The maximum atomic E-state index is 12.0. The van der Waals surface area contributed by atoms with Gasteiger partial charge >= 0.3 is 11.9 Å². The molecule has 6 nitrogen and oxygen atoms in total. The summed E-state index contributed by atoms with van der Waals surface area (Å²) in [6.45, 7) is 0. The Balaban J connectivity index is 1.92. The van der Waals surface area contributed by atoms with Crippen molar-refractivity contribution in [2.45, 2.75) is 12.5 Å². The van der Waals surface area contributed by atoms with E-state index in [4.69, 9.17) is 14.2 Å². The lowest BCUT2D eigenvalue weighted by Gasteiger charge is -2.20. The number of rotatable bonds is 7. The molecule has 0 saturated heterocycles. The summed E-state index contributed by atoms with van der Waals surface area (Å²) < 4.78 is 14.8. The first-order valence-corrected chi connectivity index (χ1v) is 9.13. The number of hydrogen-bond donors (Lipinski definition) is 1. The van der Waals surface area contributed by atoms with E-state index in [0.29, 0.717) is 5.56 Å². The molecule has 0 aromatic heterocycles. The lowest BCUT2D eigenvalue weighted by molar-refractivity contribution is -0.140. The molecule has 150 valence electrons. The lowest BCUT2D eigenvalue weighted by atomic mass is 9.98. The van der Waals surface area contributed by atoms with Gasteiger partial charge in [-0.1, -0.05) is 18.2 Å². The van der Waals surface area contributed by atoms with Gasteiger partial charge in [0.2, 0.25) is 0 Å². The summed E-state index contributed by atoms with van der Waals surface area (Å²) in [6, 6.07) is 18.5. The Morgan fingerprint density at radius 2 is 1.55 bits per heavy atom. The average Bonchev–Trinajstić information content (AvgIpc) is 2.77. The van der Waals surface area contributed by atoms with Crippen LogP contribution in [0.15, 0.2) is 60.7 Å². The first-order valence-electron chi connectivity index (χ1n) is 9.13. The van der Waals surface area contributed by atoms with Crippen LogP contribution >= 0.6 is 0 Å². The zero-order valence-electron chi connectivity index (χ0n) is 16.6. The van der Waals surface area contributed by atoms with Gasteiger partial charge in [0.25, 0.3) is 0 Å². The van der Waals surface area contributed by atoms with Crippen LogP contribution in [0.3, 0.4) is 0 Å². The van der Waals surface area contributed by atoms with Crippen molar-refractivity contribution in [1.82, 2.24) is 0 Å². The average molecular weight is 393 g/mol. The molecule has 0 aliphatic carbocycles. The summed E-state index contributed by atoms with van der Waals surface area (Å²) >= 11 is 0. The number of carbonyl (C=O) groups excluding carboxylic acids is 2. The lowest BCUT2D eigenvalue weighted by Crippen LogP contribution is -2.16. The maximum absolute atomic E-state index is 12.0. The zero-order valence-corrected chi connectivity index (χ0v) is 16.6. The van der Waals surface area contributed by atoms with E-state index in [1.165, 1.54) is 14.2 Å². The Kier molecular flexibility index (Phi) is 6.34. The number of anilines is 1. The van der Waals surface area contributed by atoms with Crippen LogP contribution in [0.5, 0.6) is 5.75 Å². The molecule has 0 bridgehead atoms. The van der Waals surface area contributed by atoms with E-state index in [-0.39, 0.29) is 24.4 Å². The molecule has 1 unspecified atom stereocenters. The number of methoxy groups -OCH3 is 3. The second kappa shape index (κ2) is 9.10. The van der Waals surface area contributed by atoms with Gasteiger partial charge in [-0.05, 0) is 58.8 Å². The fourth-order valence-corrected chi connectivity index (χ4v) is 3.12. The molecule has 3 aromatic carbocycles. The van der Waals surface area contributed by atoms with Crippen molar-refractivity contribution >= 4 is 28.4 Å². The molecule has 0 heterocycles. The van der Waals surface area contributed by atoms with Gasteiger partial charge < -0.3 is 19.5 Å². The normalized spacial score (nSPS) is 11.6. The monoisotopic (exact) mass is 393 g/mol. The second-order valence-electron chi connectivity index (χ2n) is 6.52. The minimum absolute atomic E-state index is 0.175. The third kappa shape index (κ3) is 4.85. The molecule has 0 radical (unpaired) electrons. The van der Waals surface area contributed by atoms with E-state index in [1.807, 2.05) is 48.5 Å². The van der Waals surface area contributed by atoms with Crippen LogP contribution in [0.4, 0.5) is 5.69 Å². The Morgan fingerprint density at radius 1 is 0.862 bits per heavy atom. The first-order chi connectivity index (χ1) is 14.0. The van der Waals surface area contributed by atoms with Crippen LogP contribution < -0.4 is 10.1 Å². The molecule has 6 heteroatoms. The van der Waals surface area contributed by atoms with Gasteiger partial charge in [-0.25, -0.2) is 4.79 Å². The van der Waals surface area contributed by atoms with E-state index in [9.17, 15) is 9.59 Å². The van der Waals surface area contributed by atoms with E-state index in [0.717, 1.165) is 27.8 Å². The standard InChI is InChI=1S/C23H23NO5/c1-27-20-10-8-19(9-11-20)24-21(14-22(25)28-2)17-6-4-16-13-18(23(26)29-3)7-5-15(16)12-17/h4-13,21,24H,14H2,1-3H3. The summed E-state index contributed by atoms with van der Waals surface area (Å²) in [4.78, 5) is 23.7. The van der Waals surface area contributed by atoms with E-state index in [2.05, 4.69) is 5.32 Å². The third-order valence-corrected chi connectivity index (χ3v) is 4.72. The number of benzene rings is 3. The topological polar surface area (TPSA) is 73.9 Å². The highest BCUT2D eigenvalue weighted by Gasteiger charge is 2.17. The van der Waals surface area contributed by atoms with Gasteiger partial charge in [0, 0.05) is 5.69 Å². The summed E-state index contributed by atoms with van der Waals surface area (Å²) in [5.74, 6) is 0.0741. The molecule has 0 spiro atoms. The van der Waals surface area contributed by atoms with Crippen LogP contribution in [-0.4, -0.2) is 33.3 Å². The summed E-state index contributed by atoms with van der Waals surface area (Å²) in [5, 5.41) is 5.26. The minimum atomic E-state index is -0.374. The smallest absolute Gasteiger partial charge is 0.337 e. The number of esters is 2. The van der Waals surface area contributed by atoms with Gasteiger partial charge in [-0.2, -0.15) is 0 Å². The number of hydrogen-bond acceptors (Lipinski definition) is 6. The summed E-state index contributed by atoms with van der Waals surface area (Å²) in [7, 11) is 4.35. The number of nitrogens with one attached hydrogen (secondary N) is 1.